The van der Waals surface area contributed by atoms with Gasteiger partial charge in [-0.25, -0.2) is 0 Å². The molecule has 0 saturated carbocycles. The highest BCUT2D eigenvalue weighted by molar-refractivity contribution is 6.31. The van der Waals surface area contributed by atoms with Crippen LogP contribution in [0.3, 0.4) is 0 Å². The summed E-state index contributed by atoms with van der Waals surface area (Å²) < 4.78 is 0. The smallest absolute Gasteiger partial charge is 0.314 e. The zero-order valence-electron chi connectivity index (χ0n) is 10.7. The van der Waals surface area contributed by atoms with Crippen LogP contribution in [0.15, 0.2) is 24.3 Å². The predicted octanol–water partition coefficient (Wildman–Crippen LogP) is 2.30. The van der Waals surface area contributed by atoms with Crippen molar-refractivity contribution in [3.63, 3.8) is 0 Å². The molecule has 102 valence electrons. The number of nitrogens with zero attached hydrogens (tertiary/aromatic N) is 1. The number of carboxylic acids is 1. The number of carboxylic acid groups (broad SMARTS) is 1. The second kappa shape index (κ2) is 5.21. The Morgan fingerprint density at radius 1 is 1.26 bits per heavy atom. The highest BCUT2D eigenvalue weighted by Crippen LogP contribution is 2.39. The summed E-state index contributed by atoms with van der Waals surface area (Å²) in [5.74, 6) is -0.887. The lowest BCUT2D eigenvalue weighted by Crippen LogP contribution is -2.48. The van der Waals surface area contributed by atoms with Crippen molar-refractivity contribution in [2.24, 2.45) is 0 Å². The Labute approximate surface area is 117 Å². The maximum Gasteiger partial charge on any atom is 0.314 e. The van der Waals surface area contributed by atoms with Crippen molar-refractivity contribution in [2.45, 2.75) is 25.2 Å². The molecule has 0 atom stereocenters. The molecule has 1 aliphatic heterocycles. The second-order valence-electron chi connectivity index (χ2n) is 4.87. The first-order valence-corrected chi connectivity index (χ1v) is 6.59. The third kappa shape index (κ3) is 2.45. The van der Waals surface area contributed by atoms with Crippen molar-refractivity contribution in [3.8, 4) is 0 Å². The Balaban J connectivity index is 2.35. The van der Waals surface area contributed by atoms with Crippen molar-refractivity contribution in [2.75, 3.05) is 13.1 Å². The Morgan fingerprint density at radius 2 is 1.84 bits per heavy atom. The van der Waals surface area contributed by atoms with Gasteiger partial charge in [0.2, 0.25) is 5.91 Å². The van der Waals surface area contributed by atoms with Crippen LogP contribution in [0.4, 0.5) is 0 Å². The first kappa shape index (κ1) is 13.9. The van der Waals surface area contributed by atoms with Crippen LogP contribution in [0.2, 0.25) is 5.02 Å². The van der Waals surface area contributed by atoms with E-state index in [1.807, 2.05) is 0 Å². The van der Waals surface area contributed by atoms with Gasteiger partial charge < -0.3 is 10.0 Å². The summed E-state index contributed by atoms with van der Waals surface area (Å²) in [4.78, 5) is 24.8. The highest BCUT2D eigenvalue weighted by atomic mass is 35.5. The van der Waals surface area contributed by atoms with E-state index < -0.39 is 11.4 Å². The Hall–Kier alpha value is -1.55. The second-order valence-corrected chi connectivity index (χ2v) is 5.28. The van der Waals surface area contributed by atoms with Gasteiger partial charge in [-0.15, -0.1) is 0 Å². The van der Waals surface area contributed by atoms with E-state index in [9.17, 15) is 14.7 Å². The fourth-order valence-corrected chi connectivity index (χ4v) is 2.97. The third-order valence-electron chi connectivity index (χ3n) is 3.86. The molecule has 0 radical (unpaired) electrons. The number of likely N-dealkylation sites (tertiary alicyclic amines) is 1. The quantitative estimate of drug-likeness (QED) is 0.905. The van der Waals surface area contributed by atoms with Gasteiger partial charge in [-0.3, -0.25) is 9.59 Å². The van der Waals surface area contributed by atoms with Gasteiger partial charge in [0.05, 0.1) is 5.41 Å². The highest BCUT2D eigenvalue weighted by Gasteiger charge is 2.44. The molecule has 0 spiro atoms. The van der Waals surface area contributed by atoms with Crippen molar-refractivity contribution < 1.29 is 14.7 Å². The van der Waals surface area contributed by atoms with Gasteiger partial charge in [-0.1, -0.05) is 29.8 Å². The van der Waals surface area contributed by atoms with Crippen LogP contribution in [0.25, 0.3) is 0 Å². The molecule has 1 N–H and O–H groups in total. The van der Waals surface area contributed by atoms with Crippen LogP contribution in [-0.2, 0) is 15.0 Å². The lowest BCUT2D eigenvalue weighted by atomic mass is 9.72. The largest absolute Gasteiger partial charge is 0.481 e. The van der Waals surface area contributed by atoms with E-state index in [1.54, 1.807) is 29.2 Å². The molecule has 0 unspecified atom stereocenters. The van der Waals surface area contributed by atoms with Gasteiger partial charge in [0.15, 0.2) is 0 Å². The Kier molecular flexibility index (Phi) is 3.80. The molecule has 1 heterocycles. The summed E-state index contributed by atoms with van der Waals surface area (Å²) >= 11 is 6.15. The molecule has 2 rings (SSSR count). The number of benzene rings is 1. The lowest BCUT2D eigenvalue weighted by molar-refractivity contribution is -0.148. The summed E-state index contributed by atoms with van der Waals surface area (Å²) in [5.41, 5.74) is -0.336. The number of hydrogen-bond acceptors (Lipinski definition) is 2. The van der Waals surface area contributed by atoms with Crippen molar-refractivity contribution >= 4 is 23.5 Å². The molecule has 1 saturated heterocycles. The topological polar surface area (TPSA) is 57.6 Å². The normalized spacial score (nSPS) is 18.1. The fourth-order valence-electron chi connectivity index (χ4n) is 2.65. The monoisotopic (exact) mass is 281 g/mol. The molecule has 0 aliphatic carbocycles. The van der Waals surface area contributed by atoms with Gasteiger partial charge in [0, 0.05) is 25.0 Å². The lowest BCUT2D eigenvalue weighted by Gasteiger charge is -2.39. The number of rotatable bonds is 2. The molecule has 4 nitrogen and oxygen atoms in total. The Morgan fingerprint density at radius 3 is 2.32 bits per heavy atom. The molecular formula is C14H16ClNO3. The van der Waals surface area contributed by atoms with Crippen LogP contribution in [0, 0.1) is 0 Å². The molecule has 0 bridgehead atoms. The first-order chi connectivity index (χ1) is 8.97. The zero-order chi connectivity index (χ0) is 14.0. The number of carbonyl (C=O) groups is 2. The molecule has 1 aromatic rings. The van der Waals surface area contributed by atoms with E-state index in [2.05, 4.69) is 0 Å². The molecule has 1 aromatic carbocycles. The summed E-state index contributed by atoms with van der Waals surface area (Å²) in [7, 11) is 0. The van der Waals surface area contributed by atoms with Crippen LogP contribution in [0.5, 0.6) is 0 Å². The average molecular weight is 282 g/mol. The van der Waals surface area contributed by atoms with Crippen LogP contribution in [-0.4, -0.2) is 35.0 Å². The molecule has 1 amide bonds. The maximum absolute atomic E-state index is 11.7. The molecule has 1 aliphatic rings. The van der Waals surface area contributed by atoms with Crippen molar-refractivity contribution in [3.05, 3.63) is 34.9 Å². The van der Waals surface area contributed by atoms with E-state index in [-0.39, 0.29) is 5.91 Å². The van der Waals surface area contributed by atoms with Gasteiger partial charge in [-0.2, -0.15) is 0 Å². The van der Waals surface area contributed by atoms with E-state index in [1.165, 1.54) is 6.92 Å². The van der Waals surface area contributed by atoms with Gasteiger partial charge >= 0.3 is 5.97 Å². The standard InChI is InChI=1S/C14H16ClNO3/c1-10(17)16-8-6-14(7-9-16,13(18)19)11-4-2-3-5-12(11)15/h2-5H,6-9H2,1H3,(H,18,19). The fraction of sp³-hybridized carbons (Fsp3) is 0.429. The number of piperidine rings is 1. The number of amides is 1. The predicted molar refractivity (Wildman–Crippen MR) is 72.3 cm³/mol. The van der Waals surface area contributed by atoms with Gasteiger partial charge in [0.25, 0.3) is 0 Å². The molecule has 0 aromatic heterocycles. The van der Waals surface area contributed by atoms with E-state index >= 15 is 0 Å². The number of carbonyl (C=O) groups excluding carboxylic acids is 1. The number of aliphatic carboxylic acids is 1. The minimum atomic E-state index is -0.982. The number of halogens is 1. The first-order valence-electron chi connectivity index (χ1n) is 6.21. The van der Waals surface area contributed by atoms with E-state index in [4.69, 9.17) is 11.6 Å². The minimum absolute atomic E-state index is 0.0156. The van der Waals surface area contributed by atoms with Gasteiger partial charge in [0.1, 0.15) is 0 Å². The summed E-state index contributed by atoms with van der Waals surface area (Å²) in [6, 6.07) is 7.05. The van der Waals surface area contributed by atoms with Crippen molar-refractivity contribution in [1.82, 2.24) is 4.90 Å². The summed E-state index contributed by atoms with van der Waals surface area (Å²) in [6.07, 6.45) is 0.789. The SMILES string of the molecule is CC(=O)N1CCC(C(=O)O)(c2ccccc2Cl)CC1. The molecule has 5 heteroatoms. The third-order valence-corrected chi connectivity index (χ3v) is 4.19. The summed E-state index contributed by atoms with van der Waals surface area (Å²) in [6.45, 7) is 2.41. The van der Waals surface area contributed by atoms with Crippen LogP contribution in [0.1, 0.15) is 25.3 Å². The van der Waals surface area contributed by atoms with E-state index in [0.717, 1.165) is 0 Å². The van der Waals surface area contributed by atoms with E-state index in [0.29, 0.717) is 36.5 Å². The van der Waals surface area contributed by atoms with Crippen LogP contribution >= 0.6 is 11.6 Å². The maximum atomic E-state index is 11.7. The van der Waals surface area contributed by atoms with Crippen LogP contribution < -0.4 is 0 Å². The average Bonchev–Trinajstić information content (AvgIpc) is 2.39. The summed E-state index contributed by atoms with van der Waals surface area (Å²) in [5, 5.41) is 10.1. The zero-order valence-corrected chi connectivity index (χ0v) is 11.5. The number of hydrogen-bond donors (Lipinski definition) is 1. The molecular weight excluding hydrogens is 266 g/mol. The van der Waals surface area contributed by atoms with Crippen molar-refractivity contribution in [1.29, 1.82) is 0 Å². The minimum Gasteiger partial charge on any atom is -0.481 e. The molecule has 19 heavy (non-hydrogen) atoms. The Bertz CT molecular complexity index is 507. The van der Waals surface area contributed by atoms with Gasteiger partial charge in [-0.05, 0) is 24.5 Å². The molecule has 1 fully saturated rings.